The number of hydrogen-bond donors (Lipinski definition) is 3. The zero-order valence-electron chi connectivity index (χ0n) is 13.1. The van der Waals surface area contributed by atoms with Gasteiger partial charge in [-0.3, -0.25) is 0 Å². The Kier molecular flexibility index (Phi) is 6.00. The number of anilines is 2. The van der Waals surface area contributed by atoms with Gasteiger partial charge in [-0.05, 0) is 44.6 Å². The molecule has 0 saturated heterocycles. The minimum atomic E-state index is -3.78. The van der Waals surface area contributed by atoms with E-state index in [9.17, 15) is 8.42 Å². The van der Waals surface area contributed by atoms with Gasteiger partial charge in [-0.15, -0.1) is 0 Å². The van der Waals surface area contributed by atoms with E-state index >= 15 is 0 Å². The first-order chi connectivity index (χ1) is 9.59. The number of sulfonamides is 1. The lowest BCUT2D eigenvalue weighted by molar-refractivity contribution is 0.356. The van der Waals surface area contributed by atoms with Gasteiger partial charge in [-0.2, -0.15) is 0 Å². The van der Waals surface area contributed by atoms with E-state index in [2.05, 4.69) is 24.1 Å². The van der Waals surface area contributed by atoms with E-state index in [1.807, 2.05) is 14.1 Å². The van der Waals surface area contributed by atoms with Gasteiger partial charge in [0, 0.05) is 18.3 Å². The second kappa shape index (κ2) is 7.11. The Morgan fingerprint density at radius 1 is 1.29 bits per heavy atom. The Balaban J connectivity index is 2.92. The van der Waals surface area contributed by atoms with E-state index < -0.39 is 10.0 Å². The van der Waals surface area contributed by atoms with Gasteiger partial charge in [0.2, 0.25) is 10.0 Å². The second-order valence-electron chi connectivity index (χ2n) is 6.03. The molecule has 0 bridgehead atoms. The van der Waals surface area contributed by atoms with Crippen molar-refractivity contribution in [3.63, 3.8) is 0 Å². The van der Waals surface area contributed by atoms with Crippen LogP contribution in [0.4, 0.5) is 11.4 Å². The first-order valence-corrected chi connectivity index (χ1v) is 8.47. The SMILES string of the molecule is CC(C)CC(CN(C)C)Nc1ccc(S(N)(=O)=O)c(N)c1. The molecule has 0 radical (unpaired) electrons. The zero-order valence-corrected chi connectivity index (χ0v) is 13.9. The molecule has 5 N–H and O–H groups in total. The fourth-order valence-electron chi connectivity index (χ4n) is 2.32. The number of benzene rings is 1. The van der Waals surface area contributed by atoms with Crippen molar-refractivity contribution in [3.05, 3.63) is 18.2 Å². The van der Waals surface area contributed by atoms with Crippen LogP contribution in [0.5, 0.6) is 0 Å². The number of likely N-dealkylation sites (N-methyl/N-ethyl adjacent to an activating group) is 1. The van der Waals surface area contributed by atoms with Crippen molar-refractivity contribution in [1.82, 2.24) is 4.90 Å². The number of nitrogens with zero attached hydrogens (tertiary/aromatic N) is 1. The number of hydrogen-bond acceptors (Lipinski definition) is 5. The van der Waals surface area contributed by atoms with Crippen LogP contribution in [0.1, 0.15) is 20.3 Å². The molecule has 0 heterocycles. The van der Waals surface area contributed by atoms with Crippen LogP contribution in [0.2, 0.25) is 0 Å². The van der Waals surface area contributed by atoms with Crippen LogP contribution in [0, 0.1) is 5.92 Å². The van der Waals surface area contributed by atoms with E-state index in [1.54, 1.807) is 12.1 Å². The van der Waals surface area contributed by atoms with Crippen molar-refractivity contribution in [2.75, 3.05) is 31.7 Å². The molecule has 0 spiro atoms. The lowest BCUT2D eigenvalue weighted by Gasteiger charge is -2.25. The van der Waals surface area contributed by atoms with E-state index in [-0.39, 0.29) is 16.6 Å². The molecule has 1 unspecified atom stereocenters. The monoisotopic (exact) mass is 314 g/mol. The van der Waals surface area contributed by atoms with Crippen LogP contribution in [0.25, 0.3) is 0 Å². The third-order valence-corrected chi connectivity index (χ3v) is 4.01. The van der Waals surface area contributed by atoms with Crippen LogP contribution in [-0.4, -0.2) is 40.0 Å². The standard InChI is InChI=1S/C14H26N4O2S/c1-10(2)7-12(9-18(3)4)17-11-5-6-14(13(15)8-11)21(16,19)20/h5-6,8,10,12,17H,7,9,15H2,1-4H3,(H2,16,19,20). The minimum absolute atomic E-state index is 0.0407. The molecule has 0 aliphatic carbocycles. The molecule has 1 atom stereocenters. The molecular weight excluding hydrogens is 288 g/mol. The Hall–Kier alpha value is -1.31. The largest absolute Gasteiger partial charge is 0.398 e. The molecule has 0 aliphatic rings. The number of rotatable bonds is 7. The van der Waals surface area contributed by atoms with Crippen LogP contribution in [0.15, 0.2) is 23.1 Å². The summed E-state index contributed by atoms with van der Waals surface area (Å²) >= 11 is 0. The van der Waals surface area contributed by atoms with E-state index in [4.69, 9.17) is 10.9 Å². The maximum absolute atomic E-state index is 11.3. The number of nitrogen functional groups attached to an aromatic ring is 1. The topological polar surface area (TPSA) is 101 Å². The third kappa shape index (κ3) is 5.91. The average molecular weight is 314 g/mol. The van der Waals surface area contributed by atoms with E-state index in [1.165, 1.54) is 6.07 Å². The van der Waals surface area contributed by atoms with E-state index in [0.717, 1.165) is 18.7 Å². The van der Waals surface area contributed by atoms with Gasteiger partial charge in [0.1, 0.15) is 4.90 Å². The molecule has 1 aromatic rings. The third-order valence-electron chi connectivity index (χ3n) is 3.03. The quantitative estimate of drug-likeness (QED) is 0.659. The second-order valence-corrected chi connectivity index (χ2v) is 7.56. The summed E-state index contributed by atoms with van der Waals surface area (Å²) in [6.45, 7) is 5.22. The summed E-state index contributed by atoms with van der Waals surface area (Å²) in [5, 5.41) is 8.51. The molecule has 7 heteroatoms. The maximum Gasteiger partial charge on any atom is 0.240 e. The molecule has 1 rings (SSSR count). The fraction of sp³-hybridized carbons (Fsp3) is 0.571. The molecule has 0 aliphatic heterocycles. The molecule has 120 valence electrons. The highest BCUT2D eigenvalue weighted by molar-refractivity contribution is 7.89. The fourth-order valence-corrected chi connectivity index (χ4v) is 2.97. The smallest absolute Gasteiger partial charge is 0.240 e. The number of nitrogens with one attached hydrogen (secondary N) is 1. The lowest BCUT2D eigenvalue weighted by Crippen LogP contribution is -2.33. The van der Waals surface area contributed by atoms with Gasteiger partial charge >= 0.3 is 0 Å². The summed E-state index contributed by atoms with van der Waals surface area (Å²) in [6.07, 6.45) is 1.01. The summed E-state index contributed by atoms with van der Waals surface area (Å²) in [4.78, 5) is 2.07. The lowest BCUT2D eigenvalue weighted by atomic mass is 10.0. The molecule has 0 saturated carbocycles. The first-order valence-electron chi connectivity index (χ1n) is 6.93. The van der Waals surface area contributed by atoms with Gasteiger partial charge in [-0.25, -0.2) is 13.6 Å². The Morgan fingerprint density at radius 2 is 1.90 bits per heavy atom. The Labute approximate surface area is 127 Å². The molecule has 21 heavy (non-hydrogen) atoms. The van der Waals surface area contributed by atoms with Crippen molar-refractivity contribution < 1.29 is 8.42 Å². The van der Waals surface area contributed by atoms with Crippen molar-refractivity contribution in [2.24, 2.45) is 11.1 Å². The predicted molar refractivity (Wildman–Crippen MR) is 87.6 cm³/mol. The van der Waals surface area contributed by atoms with Crippen LogP contribution >= 0.6 is 0 Å². The molecule has 0 fully saturated rings. The summed E-state index contributed by atoms with van der Waals surface area (Å²) in [5.74, 6) is 0.559. The van der Waals surface area contributed by atoms with Crippen LogP contribution in [-0.2, 0) is 10.0 Å². The number of primary sulfonamides is 1. The van der Waals surface area contributed by atoms with Gasteiger partial charge in [0.25, 0.3) is 0 Å². The Morgan fingerprint density at radius 3 is 2.33 bits per heavy atom. The summed E-state index contributed by atoms with van der Waals surface area (Å²) in [7, 11) is 0.265. The Bertz CT molecular complexity index is 560. The first kappa shape index (κ1) is 17.7. The van der Waals surface area contributed by atoms with Crippen molar-refractivity contribution in [2.45, 2.75) is 31.2 Å². The van der Waals surface area contributed by atoms with Crippen molar-refractivity contribution in [3.8, 4) is 0 Å². The summed E-state index contributed by atoms with van der Waals surface area (Å²) in [5.41, 5.74) is 6.74. The molecule has 0 amide bonds. The van der Waals surface area contributed by atoms with E-state index in [0.29, 0.717) is 5.92 Å². The van der Waals surface area contributed by atoms with Crippen molar-refractivity contribution in [1.29, 1.82) is 0 Å². The zero-order chi connectivity index (χ0) is 16.2. The highest BCUT2D eigenvalue weighted by Gasteiger charge is 2.15. The number of nitrogens with two attached hydrogens (primary N) is 2. The van der Waals surface area contributed by atoms with Crippen LogP contribution < -0.4 is 16.2 Å². The summed E-state index contributed by atoms with van der Waals surface area (Å²) in [6, 6.07) is 5.01. The molecule has 1 aromatic carbocycles. The predicted octanol–water partition coefficient (Wildman–Crippen LogP) is 1.30. The minimum Gasteiger partial charge on any atom is -0.398 e. The average Bonchev–Trinajstić information content (AvgIpc) is 2.24. The van der Waals surface area contributed by atoms with Gasteiger partial charge in [-0.1, -0.05) is 13.8 Å². The van der Waals surface area contributed by atoms with Gasteiger partial charge in [0.15, 0.2) is 0 Å². The van der Waals surface area contributed by atoms with Crippen LogP contribution in [0.3, 0.4) is 0 Å². The molecule has 6 nitrogen and oxygen atoms in total. The highest BCUT2D eigenvalue weighted by atomic mass is 32.2. The molecular formula is C14H26N4O2S. The van der Waals surface area contributed by atoms with Gasteiger partial charge < -0.3 is 16.0 Å². The van der Waals surface area contributed by atoms with Gasteiger partial charge in [0.05, 0.1) is 5.69 Å². The summed E-state index contributed by atoms with van der Waals surface area (Å²) < 4.78 is 22.7. The maximum atomic E-state index is 11.3. The van der Waals surface area contributed by atoms with Crippen molar-refractivity contribution >= 4 is 21.4 Å². The molecule has 0 aromatic heterocycles. The highest BCUT2D eigenvalue weighted by Crippen LogP contribution is 2.22. The normalized spacial score (nSPS) is 13.7.